The highest BCUT2D eigenvalue weighted by atomic mass is 79.9. The van der Waals surface area contributed by atoms with Gasteiger partial charge in [-0.25, -0.2) is 5.43 Å². The molecule has 0 spiro atoms. The van der Waals surface area contributed by atoms with Crippen LogP contribution in [-0.2, 0) is 9.59 Å². The lowest BCUT2D eigenvalue weighted by Gasteiger charge is -2.09. The number of anilines is 1. The summed E-state index contributed by atoms with van der Waals surface area (Å²) in [6, 6.07) is 12.1. The molecule has 0 radical (unpaired) electrons. The standard InChI is InChI=1S/C17H16BrN3O4/c1-24-14-5-3-4-11(15(14)25-2)10-19-21-17(23)16(22)20-13-8-6-12(18)7-9-13/h3-10H,1-2H3,(H,20,22)(H,21,23). The van der Waals surface area contributed by atoms with Crippen LogP contribution in [0.4, 0.5) is 5.69 Å². The molecule has 0 unspecified atom stereocenters. The molecule has 25 heavy (non-hydrogen) atoms. The third-order valence-electron chi connectivity index (χ3n) is 3.11. The molecule has 2 N–H and O–H groups in total. The fourth-order valence-electron chi connectivity index (χ4n) is 1.95. The lowest BCUT2D eigenvalue weighted by molar-refractivity contribution is -0.136. The fourth-order valence-corrected chi connectivity index (χ4v) is 2.21. The maximum atomic E-state index is 11.8. The molecule has 7 nitrogen and oxygen atoms in total. The maximum absolute atomic E-state index is 11.8. The number of ether oxygens (including phenoxy) is 2. The summed E-state index contributed by atoms with van der Waals surface area (Å²) in [7, 11) is 3.02. The van der Waals surface area contributed by atoms with Crippen LogP contribution in [0.1, 0.15) is 5.56 Å². The Kier molecular flexibility index (Phi) is 6.53. The van der Waals surface area contributed by atoms with Gasteiger partial charge in [-0.05, 0) is 36.4 Å². The van der Waals surface area contributed by atoms with Crippen molar-refractivity contribution in [2.75, 3.05) is 19.5 Å². The minimum Gasteiger partial charge on any atom is -0.493 e. The van der Waals surface area contributed by atoms with Crippen molar-refractivity contribution in [1.29, 1.82) is 0 Å². The Labute approximate surface area is 153 Å². The molecule has 0 heterocycles. The van der Waals surface area contributed by atoms with Crippen LogP contribution >= 0.6 is 15.9 Å². The van der Waals surface area contributed by atoms with E-state index in [1.807, 2.05) is 0 Å². The molecule has 0 aliphatic rings. The lowest BCUT2D eigenvalue weighted by atomic mass is 10.2. The number of carbonyl (C=O) groups excluding carboxylic acids is 2. The Hall–Kier alpha value is -2.87. The van der Waals surface area contributed by atoms with Crippen LogP contribution in [-0.4, -0.2) is 32.2 Å². The highest BCUT2D eigenvalue weighted by molar-refractivity contribution is 9.10. The summed E-state index contributed by atoms with van der Waals surface area (Å²) >= 11 is 3.29. The highest BCUT2D eigenvalue weighted by Crippen LogP contribution is 2.29. The van der Waals surface area contributed by atoms with E-state index in [1.165, 1.54) is 20.4 Å². The van der Waals surface area contributed by atoms with Crippen LogP contribution in [0.3, 0.4) is 0 Å². The number of halogens is 1. The number of hydrogen-bond donors (Lipinski definition) is 2. The molecule has 0 aliphatic carbocycles. The van der Waals surface area contributed by atoms with Gasteiger partial charge in [-0.15, -0.1) is 0 Å². The highest BCUT2D eigenvalue weighted by Gasteiger charge is 2.13. The molecule has 0 aliphatic heterocycles. The largest absolute Gasteiger partial charge is 0.493 e. The van der Waals surface area contributed by atoms with E-state index in [1.54, 1.807) is 42.5 Å². The van der Waals surface area contributed by atoms with Gasteiger partial charge >= 0.3 is 11.8 Å². The minimum absolute atomic E-state index is 0.474. The predicted octanol–water partition coefficient (Wildman–Crippen LogP) is 2.56. The zero-order chi connectivity index (χ0) is 18.2. The van der Waals surface area contributed by atoms with Gasteiger partial charge in [-0.1, -0.05) is 22.0 Å². The number of rotatable bonds is 5. The van der Waals surface area contributed by atoms with Gasteiger partial charge in [0.25, 0.3) is 0 Å². The van der Waals surface area contributed by atoms with Gasteiger partial charge < -0.3 is 14.8 Å². The number of para-hydroxylation sites is 1. The smallest absolute Gasteiger partial charge is 0.329 e. The number of hydrogen-bond acceptors (Lipinski definition) is 5. The number of hydrazone groups is 1. The molecule has 0 fully saturated rings. The van der Waals surface area contributed by atoms with Crippen molar-refractivity contribution in [2.24, 2.45) is 5.10 Å². The zero-order valence-corrected chi connectivity index (χ0v) is 15.2. The second kappa shape index (κ2) is 8.84. The van der Waals surface area contributed by atoms with Crippen molar-refractivity contribution in [3.05, 3.63) is 52.5 Å². The molecule has 0 saturated carbocycles. The van der Waals surface area contributed by atoms with Gasteiger partial charge in [0.15, 0.2) is 11.5 Å². The Morgan fingerprint density at radius 1 is 1.04 bits per heavy atom. The zero-order valence-electron chi connectivity index (χ0n) is 13.6. The van der Waals surface area contributed by atoms with Gasteiger partial charge in [0.1, 0.15) is 0 Å². The van der Waals surface area contributed by atoms with E-state index in [0.717, 1.165) is 4.47 Å². The van der Waals surface area contributed by atoms with Gasteiger partial charge in [-0.2, -0.15) is 5.10 Å². The van der Waals surface area contributed by atoms with Crippen molar-refractivity contribution >= 4 is 39.6 Å². The number of methoxy groups -OCH3 is 2. The molecule has 0 atom stereocenters. The topological polar surface area (TPSA) is 89.0 Å². The Bertz CT molecular complexity index is 791. The molecule has 2 rings (SSSR count). The Morgan fingerprint density at radius 2 is 1.76 bits per heavy atom. The first-order valence-electron chi connectivity index (χ1n) is 7.16. The van der Waals surface area contributed by atoms with Crippen LogP contribution in [0.5, 0.6) is 11.5 Å². The lowest BCUT2D eigenvalue weighted by Crippen LogP contribution is -2.32. The van der Waals surface area contributed by atoms with Gasteiger partial charge in [-0.3, -0.25) is 9.59 Å². The Morgan fingerprint density at radius 3 is 2.40 bits per heavy atom. The number of amides is 2. The normalized spacial score (nSPS) is 10.4. The van der Waals surface area contributed by atoms with Crippen molar-refractivity contribution in [1.82, 2.24) is 5.43 Å². The third kappa shape index (κ3) is 5.05. The summed E-state index contributed by atoms with van der Waals surface area (Å²) < 4.78 is 11.3. The summed E-state index contributed by atoms with van der Waals surface area (Å²) in [5, 5.41) is 6.24. The number of nitrogens with zero attached hydrogens (tertiary/aromatic N) is 1. The molecule has 8 heteroatoms. The first-order chi connectivity index (χ1) is 12.0. The molecule has 130 valence electrons. The van der Waals surface area contributed by atoms with Crippen molar-refractivity contribution in [2.45, 2.75) is 0 Å². The number of nitrogens with one attached hydrogen (secondary N) is 2. The van der Waals surface area contributed by atoms with E-state index in [0.29, 0.717) is 22.7 Å². The number of benzene rings is 2. The average Bonchev–Trinajstić information content (AvgIpc) is 2.63. The van der Waals surface area contributed by atoms with Gasteiger partial charge in [0, 0.05) is 15.7 Å². The molecule has 2 amide bonds. The molecule has 0 bridgehead atoms. The molecule has 2 aromatic carbocycles. The average molecular weight is 406 g/mol. The monoisotopic (exact) mass is 405 g/mol. The first kappa shape index (κ1) is 18.5. The second-order valence-corrected chi connectivity index (χ2v) is 5.66. The quantitative estimate of drug-likeness (QED) is 0.454. The molecular weight excluding hydrogens is 390 g/mol. The summed E-state index contributed by atoms with van der Waals surface area (Å²) in [6.45, 7) is 0. The molecule has 0 aromatic heterocycles. The second-order valence-electron chi connectivity index (χ2n) is 4.74. The van der Waals surface area contributed by atoms with Crippen molar-refractivity contribution in [3.63, 3.8) is 0 Å². The van der Waals surface area contributed by atoms with Crippen LogP contribution < -0.4 is 20.2 Å². The summed E-state index contributed by atoms with van der Waals surface area (Å²) in [6.07, 6.45) is 1.37. The molecular formula is C17H16BrN3O4. The fraction of sp³-hybridized carbons (Fsp3) is 0.118. The predicted molar refractivity (Wildman–Crippen MR) is 98.1 cm³/mol. The van der Waals surface area contributed by atoms with Crippen LogP contribution in [0.25, 0.3) is 0 Å². The van der Waals surface area contributed by atoms with E-state index in [2.05, 4.69) is 31.8 Å². The summed E-state index contributed by atoms with van der Waals surface area (Å²) in [5.41, 5.74) is 3.26. The van der Waals surface area contributed by atoms with Gasteiger partial charge in [0.05, 0.1) is 20.4 Å². The van der Waals surface area contributed by atoms with E-state index < -0.39 is 11.8 Å². The summed E-state index contributed by atoms with van der Waals surface area (Å²) in [5.74, 6) is -0.703. The van der Waals surface area contributed by atoms with E-state index in [-0.39, 0.29) is 0 Å². The van der Waals surface area contributed by atoms with Crippen LogP contribution in [0.2, 0.25) is 0 Å². The van der Waals surface area contributed by atoms with Crippen LogP contribution in [0.15, 0.2) is 52.0 Å². The van der Waals surface area contributed by atoms with Crippen molar-refractivity contribution < 1.29 is 19.1 Å². The minimum atomic E-state index is -0.888. The number of carbonyl (C=O) groups is 2. The first-order valence-corrected chi connectivity index (χ1v) is 7.95. The van der Waals surface area contributed by atoms with E-state index >= 15 is 0 Å². The summed E-state index contributed by atoms with van der Waals surface area (Å²) in [4.78, 5) is 23.6. The SMILES string of the molecule is COc1cccc(C=NNC(=O)C(=O)Nc2ccc(Br)cc2)c1OC. The van der Waals surface area contributed by atoms with Crippen LogP contribution in [0, 0.1) is 0 Å². The Balaban J connectivity index is 1.98. The van der Waals surface area contributed by atoms with E-state index in [9.17, 15) is 9.59 Å². The van der Waals surface area contributed by atoms with Crippen molar-refractivity contribution in [3.8, 4) is 11.5 Å². The van der Waals surface area contributed by atoms with E-state index in [4.69, 9.17) is 9.47 Å². The molecule has 0 saturated heterocycles. The molecule has 2 aromatic rings. The van der Waals surface area contributed by atoms with Gasteiger partial charge in [0.2, 0.25) is 0 Å². The maximum Gasteiger partial charge on any atom is 0.329 e. The third-order valence-corrected chi connectivity index (χ3v) is 3.64.